The van der Waals surface area contributed by atoms with E-state index in [-0.39, 0.29) is 16.4 Å². The fraction of sp³-hybridized carbons (Fsp3) is 0.222. The van der Waals surface area contributed by atoms with Gasteiger partial charge in [0.05, 0.1) is 28.8 Å². The second-order valence-electron chi connectivity index (χ2n) is 5.98. The van der Waals surface area contributed by atoms with E-state index < -0.39 is 10.8 Å². The lowest BCUT2D eigenvalue weighted by molar-refractivity contribution is -0.384. The number of hydrogen-bond acceptors (Lipinski definition) is 6. The molecule has 1 heterocycles. The molecular formula is C18H17ClN4O4S. The lowest BCUT2D eigenvalue weighted by Gasteiger charge is -2.29. The molecule has 1 saturated heterocycles. The lowest BCUT2D eigenvalue weighted by Crippen LogP contribution is -2.36. The van der Waals surface area contributed by atoms with Crippen molar-refractivity contribution in [2.24, 2.45) is 0 Å². The topological polar surface area (TPSA) is 96.7 Å². The Bertz CT molecular complexity index is 901. The molecule has 2 aromatic carbocycles. The number of hydrogen-bond donors (Lipinski definition) is 2. The number of non-ortho nitro benzene ring substituents is 1. The van der Waals surface area contributed by atoms with Gasteiger partial charge in [-0.1, -0.05) is 11.6 Å². The SMILES string of the molecule is O=C(NC(=S)Nc1ccc(N2CCOCC2)c(Cl)c1)c1ccc([N+](=O)[O-])cc1. The first kappa shape index (κ1) is 20.0. The molecule has 1 amide bonds. The third kappa shape index (κ3) is 4.94. The van der Waals surface area contributed by atoms with E-state index in [1.54, 1.807) is 6.07 Å². The average molecular weight is 421 g/mol. The number of ether oxygens (including phenoxy) is 1. The summed E-state index contributed by atoms with van der Waals surface area (Å²) < 4.78 is 5.34. The first-order chi connectivity index (χ1) is 13.4. The Balaban J connectivity index is 1.60. The molecule has 1 aliphatic rings. The van der Waals surface area contributed by atoms with Crippen LogP contribution in [0.5, 0.6) is 0 Å². The zero-order valence-electron chi connectivity index (χ0n) is 14.7. The molecule has 0 unspecified atom stereocenters. The Kier molecular flexibility index (Phi) is 6.40. The number of benzene rings is 2. The Morgan fingerprint density at radius 1 is 1.18 bits per heavy atom. The van der Waals surface area contributed by atoms with Gasteiger partial charge >= 0.3 is 0 Å². The highest BCUT2D eigenvalue weighted by atomic mass is 35.5. The number of rotatable bonds is 4. The second kappa shape index (κ2) is 8.96. The van der Waals surface area contributed by atoms with E-state index in [1.165, 1.54) is 24.3 Å². The number of halogens is 1. The van der Waals surface area contributed by atoms with E-state index in [4.69, 9.17) is 28.6 Å². The summed E-state index contributed by atoms with van der Waals surface area (Å²) in [6.07, 6.45) is 0. The van der Waals surface area contributed by atoms with E-state index in [1.807, 2.05) is 12.1 Å². The molecule has 28 heavy (non-hydrogen) atoms. The molecule has 0 saturated carbocycles. The Morgan fingerprint density at radius 3 is 2.46 bits per heavy atom. The van der Waals surface area contributed by atoms with Gasteiger partial charge in [0.2, 0.25) is 0 Å². The van der Waals surface area contributed by atoms with Crippen molar-refractivity contribution in [1.82, 2.24) is 5.32 Å². The maximum Gasteiger partial charge on any atom is 0.269 e. The van der Waals surface area contributed by atoms with E-state index in [2.05, 4.69) is 15.5 Å². The summed E-state index contributed by atoms with van der Waals surface area (Å²) in [4.78, 5) is 24.5. The number of carbonyl (C=O) groups is 1. The van der Waals surface area contributed by atoms with Crippen molar-refractivity contribution in [3.05, 3.63) is 63.2 Å². The molecule has 2 N–H and O–H groups in total. The quantitative estimate of drug-likeness (QED) is 0.445. The number of morpholine rings is 1. The lowest BCUT2D eigenvalue weighted by atomic mass is 10.2. The number of nitrogens with zero attached hydrogens (tertiary/aromatic N) is 2. The van der Waals surface area contributed by atoms with Crippen molar-refractivity contribution in [3.63, 3.8) is 0 Å². The normalized spacial score (nSPS) is 13.7. The van der Waals surface area contributed by atoms with Gasteiger partial charge in [-0.15, -0.1) is 0 Å². The van der Waals surface area contributed by atoms with E-state index in [0.717, 1.165) is 18.8 Å². The minimum absolute atomic E-state index is 0.0905. The van der Waals surface area contributed by atoms with Gasteiger partial charge in [0.15, 0.2) is 5.11 Å². The van der Waals surface area contributed by atoms with Crippen LogP contribution in [0.2, 0.25) is 5.02 Å². The van der Waals surface area contributed by atoms with Crippen molar-refractivity contribution in [1.29, 1.82) is 0 Å². The maximum atomic E-state index is 12.2. The largest absolute Gasteiger partial charge is 0.378 e. The van der Waals surface area contributed by atoms with Crippen LogP contribution in [-0.2, 0) is 4.74 Å². The monoisotopic (exact) mass is 420 g/mol. The van der Waals surface area contributed by atoms with Crippen molar-refractivity contribution in [3.8, 4) is 0 Å². The smallest absolute Gasteiger partial charge is 0.269 e. The fourth-order valence-corrected chi connectivity index (χ4v) is 3.23. The standard InChI is InChI=1S/C18H17ClN4O4S/c19-15-11-13(3-6-16(15)22-7-9-27-10-8-22)20-18(28)21-17(24)12-1-4-14(5-2-12)23(25)26/h1-6,11H,7-10H2,(H2,20,21,24,28). The average Bonchev–Trinajstić information content (AvgIpc) is 2.68. The van der Waals surface area contributed by atoms with E-state index in [9.17, 15) is 14.9 Å². The van der Waals surface area contributed by atoms with Gasteiger partial charge in [0, 0.05) is 36.5 Å². The number of amides is 1. The van der Waals surface area contributed by atoms with Gasteiger partial charge < -0.3 is 15.0 Å². The number of anilines is 2. The summed E-state index contributed by atoms with van der Waals surface area (Å²) in [5.74, 6) is -0.469. The molecule has 10 heteroatoms. The first-order valence-electron chi connectivity index (χ1n) is 8.43. The molecule has 0 radical (unpaired) electrons. The predicted octanol–water partition coefficient (Wildman–Crippen LogP) is 3.21. The van der Waals surface area contributed by atoms with E-state index in [0.29, 0.717) is 23.9 Å². The molecule has 0 atom stereocenters. The highest BCUT2D eigenvalue weighted by Gasteiger charge is 2.15. The molecule has 0 aromatic heterocycles. The Hall–Kier alpha value is -2.75. The molecule has 0 spiro atoms. The Morgan fingerprint density at radius 2 is 1.86 bits per heavy atom. The number of nitrogens with one attached hydrogen (secondary N) is 2. The third-order valence-corrected chi connectivity index (χ3v) is 4.63. The molecule has 3 rings (SSSR count). The highest BCUT2D eigenvalue weighted by molar-refractivity contribution is 7.80. The second-order valence-corrected chi connectivity index (χ2v) is 6.79. The number of nitro benzene ring substituents is 1. The van der Waals surface area contributed by atoms with Gasteiger partial charge in [0.25, 0.3) is 11.6 Å². The minimum Gasteiger partial charge on any atom is -0.378 e. The molecule has 1 aliphatic heterocycles. The van der Waals surface area contributed by atoms with Crippen LogP contribution in [0.15, 0.2) is 42.5 Å². The zero-order chi connectivity index (χ0) is 20.1. The third-order valence-electron chi connectivity index (χ3n) is 4.12. The molecular weight excluding hydrogens is 404 g/mol. The van der Waals surface area contributed by atoms with Gasteiger partial charge in [-0.05, 0) is 42.5 Å². The van der Waals surface area contributed by atoms with Crippen LogP contribution in [0.4, 0.5) is 17.1 Å². The van der Waals surface area contributed by atoms with Crippen LogP contribution in [0.25, 0.3) is 0 Å². The van der Waals surface area contributed by atoms with Crippen LogP contribution >= 0.6 is 23.8 Å². The van der Waals surface area contributed by atoms with E-state index >= 15 is 0 Å². The summed E-state index contributed by atoms with van der Waals surface area (Å²) in [5.41, 5.74) is 1.72. The molecule has 0 bridgehead atoms. The minimum atomic E-state index is -0.530. The number of carbonyl (C=O) groups excluding carboxylic acids is 1. The number of nitro groups is 1. The van der Waals surface area contributed by atoms with Crippen molar-refractivity contribution in [2.45, 2.75) is 0 Å². The fourth-order valence-electron chi connectivity index (χ4n) is 2.72. The summed E-state index contributed by atoms with van der Waals surface area (Å²) in [6.45, 7) is 2.87. The van der Waals surface area contributed by atoms with Crippen LogP contribution in [0.3, 0.4) is 0 Å². The van der Waals surface area contributed by atoms with Gasteiger partial charge in [-0.3, -0.25) is 20.2 Å². The van der Waals surface area contributed by atoms with Crippen molar-refractivity contribution < 1.29 is 14.5 Å². The van der Waals surface area contributed by atoms with Gasteiger partial charge in [0.1, 0.15) is 0 Å². The molecule has 146 valence electrons. The number of thiocarbonyl (C=S) groups is 1. The summed E-state index contributed by atoms with van der Waals surface area (Å²) >= 11 is 11.5. The van der Waals surface area contributed by atoms with Crippen molar-refractivity contribution in [2.75, 3.05) is 36.5 Å². The van der Waals surface area contributed by atoms with Crippen molar-refractivity contribution >= 4 is 51.9 Å². The van der Waals surface area contributed by atoms with Crippen LogP contribution in [0, 0.1) is 10.1 Å². The Labute approximate surface area is 171 Å². The maximum absolute atomic E-state index is 12.2. The summed E-state index contributed by atoms with van der Waals surface area (Å²) in [5, 5.41) is 16.8. The van der Waals surface area contributed by atoms with Crippen LogP contribution in [-0.4, -0.2) is 42.2 Å². The van der Waals surface area contributed by atoms with Gasteiger partial charge in [-0.25, -0.2) is 0 Å². The van der Waals surface area contributed by atoms with Crippen LogP contribution < -0.4 is 15.5 Å². The zero-order valence-corrected chi connectivity index (χ0v) is 16.3. The molecule has 1 fully saturated rings. The first-order valence-corrected chi connectivity index (χ1v) is 9.22. The molecule has 2 aromatic rings. The van der Waals surface area contributed by atoms with Gasteiger partial charge in [-0.2, -0.15) is 0 Å². The molecule has 8 nitrogen and oxygen atoms in total. The summed E-state index contributed by atoms with van der Waals surface area (Å²) in [7, 11) is 0. The summed E-state index contributed by atoms with van der Waals surface area (Å²) in [6, 6.07) is 10.7. The molecule has 0 aliphatic carbocycles. The predicted molar refractivity (Wildman–Crippen MR) is 111 cm³/mol. The van der Waals surface area contributed by atoms with Crippen LogP contribution in [0.1, 0.15) is 10.4 Å². The highest BCUT2D eigenvalue weighted by Crippen LogP contribution is 2.29.